The molecule has 142 valence electrons. The second kappa shape index (κ2) is 8.31. The van der Waals surface area contributed by atoms with Gasteiger partial charge in [0.25, 0.3) is 5.91 Å². The number of benzene rings is 2. The first kappa shape index (κ1) is 19.0. The molecule has 2 aromatic carbocycles. The lowest BCUT2D eigenvalue weighted by Crippen LogP contribution is -2.29. The Hall–Kier alpha value is -3.73. The van der Waals surface area contributed by atoms with Crippen molar-refractivity contribution in [1.82, 2.24) is 10.3 Å². The van der Waals surface area contributed by atoms with E-state index >= 15 is 0 Å². The van der Waals surface area contributed by atoms with E-state index in [1.165, 1.54) is 0 Å². The summed E-state index contributed by atoms with van der Waals surface area (Å²) in [6.07, 6.45) is 0. The van der Waals surface area contributed by atoms with E-state index in [9.17, 15) is 18.8 Å². The van der Waals surface area contributed by atoms with Crippen LogP contribution in [0.15, 0.2) is 42.5 Å². The van der Waals surface area contributed by atoms with Crippen molar-refractivity contribution in [2.75, 3.05) is 25.5 Å². The molecule has 3 rings (SSSR count). The summed E-state index contributed by atoms with van der Waals surface area (Å²) in [4.78, 5) is 16.4. The van der Waals surface area contributed by atoms with Crippen molar-refractivity contribution in [1.29, 1.82) is 5.26 Å². The van der Waals surface area contributed by atoms with Crippen LogP contribution in [0.3, 0.4) is 0 Å². The Labute approximate surface area is 159 Å². The molecule has 1 heterocycles. The van der Waals surface area contributed by atoms with Crippen molar-refractivity contribution in [2.45, 2.75) is 0 Å². The van der Waals surface area contributed by atoms with Crippen LogP contribution in [-0.2, 0) is 0 Å². The molecule has 0 radical (unpaired) electrons. The van der Waals surface area contributed by atoms with Gasteiger partial charge in [-0.3, -0.25) is 4.79 Å². The van der Waals surface area contributed by atoms with E-state index in [1.807, 2.05) is 6.07 Å². The monoisotopic (exact) mass is 382 g/mol. The minimum atomic E-state index is -0.928. The number of nitriles is 1. The van der Waals surface area contributed by atoms with E-state index in [-0.39, 0.29) is 18.7 Å². The highest BCUT2D eigenvalue weighted by atomic mass is 19.1. The van der Waals surface area contributed by atoms with Gasteiger partial charge in [0, 0.05) is 30.6 Å². The highest BCUT2D eigenvalue weighted by Gasteiger charge is 2.12. The Morgan fingerprint density at radius 2 is 2.00 bits per heavy atom. The minimum absolute atomic E-state index is 0.151. The fraction of sp³-hybridized carbons (Fsp3) is 0.150. The van der Waals surface area contributed by atoms with Gasteiger partial charge >= 0.3 is 0 Å². The van der Waals surface area contributed by atoms with Crippen LogP contribution >= 0.6 is 0 Å². The average molecular weight is 382 g/mol. The maximum absolute atomic E-state index is 13.6. The molecule has 0 saturated carbocycles. The van der Waals surface area contributed by atoms with E-state index in [0.29, 0.717) is 28.7 Å². The van der Waals surface area contributed by atoms with Crippen LogP contribution in [0.5, 0.6) is 5.75 Å². The maximum Gasteiger partial charge on any atom is 0.254 e. The van der Waals surface area contributed by atoms with Gasteiger partial charge in [-0.2, -0.15) is 5.26 Å². The molecule has 0 aliphatic rings. The molecule has 1 amide bonds. The number of nitrogens with zero attached hydrogens (tertiary/aromatic N) is 2. The van der Waals surface area contributed by atoms with E-state index in [0.717, 1.165) is 17.5 Å². The Balaban J connectivity index is 1.66. The number of methoxy groups -OCH3 is 1. The minimum Gasteiger partial charge on any atom is -0.497 e. The molecule has 0 aliphatic carbocycles. The first-order valence-corrected chi connectivity index (χ1v) is 8.38. The number of nitrogens with one attached hydrogen (secondary N) is 2. The highest BCUT2D eigenvalue weighted by molar-refractivity contribution is 5.94. The van der Waals surface area contributed by atoms with E-state index in [2.05, 4.69) is 21.7 Å². The third kappa shape index (κ3) is 4.15. The normalized spacial score (nSPS) is 10.4. The first-order valence-electron chi connectivity index (χ1n) is 8.38. The molecule has 28 heavy (non-hydrogen) atoms. The second-order valence-electron chi connectivity index (χ2n) is 5.86. The second-order valence-corrected chi connectivity index (χ2v) is 5.86. The van der Waals surface area contributed by atoms with Crippen LogP contribution in [-0.4, -0.2) is 31.1 Å². The number of halogens is 2. The number of rotatable bonds is 6. The summed E-state index contributed by atoms with van der Waals surface area (Å²) >= 11 is 0. The number of pyridine rings is 1. The van der Waals surface area contributed by atoms with Gasteiger partial charge < -0.3 is 15.4 Å². The molecule has 0 saturated heterocycles. The van der Waals surface area contributed by atoms with E-state index < -0.39 is 17.5 Å². The number of fused-ring (bicyclic) bond motifs is 1. The largest absolute Gasteiger partial charge is 0.497 e. The molecule has 0 bridgehead atoms. The third-order valence-electron chi connectivity index (χ3n) is 4.02. The summed E-state index contributed by atoms with van der Waals surface area (Å²) in [5.74, 6) is -1.33. The zero-order valence-corrected chi connectivity index (χ0v) is 14.9. The fourth-order valence-corrected chi connectivity index (χ4v) is 2.62. The molecule has 6 nitrogen and oxygen atoms in total. The standard InChI is InChI=1S/C20H16F2N4O2/c1-28-15-4-2-12-8-13(11-23)19(26-18(12)10-15)24-6-7-25-20(27)16-5-3-14(21)9-17(16)22/h2-5,8-10H,6-7H2,1H3,(H,24,26)(H,25,27). The smallest absolute Gasteiger partial charge is 0.254 e. The lowest BCUT2D eigenvalue weighted by Gasteiger charge is -2.11. The summed E-state index contributed by atoms with van der Waals surface area (Å²) in [5, 5.41) is 15.6. The zero-order chi connectivity index (χ0) is 20.1. The quantitative estimate of drug-likeness (QED) is 0.639. The zero-order valence-electron chi connectivity index (χ0n) is 14.9. The molecule has 8 heteroatoms. The number of ether oxygens (including phenoxy) is 1. The van der Waals surface area contributed by atoms with Crippen LogP contribution in [0.4, 0.5) is 14.6 Å². The molecule has 2 N–H and O–H groups in total. The van der Waals surface area contributed by atoms with E-state index in [4.69, 9.17) is 4.74 Å². The Kier molecular flexibility index (Phi) is 5.65. The number of hydrogen-bond donors (Lipinski definition) is 2. The van der Waals surface area contributed by atoms with Crippen molar-refractivity contribution in [3.8, 4) is 11.8 Å². The van der Waals surface area contributed by atoms with Crippen molar-refractivity contribution in [3.05, 3.63) is 65.2 Å². The number of carbonyl (C=O) groups excluding carboxylic acids is 1. The predicted octanol–water partition coefficient (Wildman–Crippen LogP) is 3.24. The van der Waals surface area contributed by atoms with Crippen LogP contribution in [0.1, 0.15) is 15.9 Å². The van der Waals surface area contributed by atoms with Crippen LogP contribution < -0.4 is 15.4 Å². The molecule has 1 aromatic heterocycles. The number of anilines is 1. The Morgan fingerprint density at radius 1 is 1.18 bits per heavy atom. The van der Waals surface area contributed by atoms with Crippen molar-refractivity contribution in [3.63, 3.8) is 0 Å². The Morgan fingerprint density at radius 3 is 2.71 bits per heavy atom. The van der Waals surface area contributed by atoms with Crippen LogP contribution in [0.25, 0.3) is 10.9 Å². The molecule has 0 atom stereocenters. The number of hydrogen-bond acceptors (Lipinski definition) is 5. The lowest BCUT2D eigenvalue weighted by molar-refractivity contribution is 0.0951. The Bertz CT molecular complexity index is 1080. The van der Waals surface area contributed by atoms with Gasteiger partial charge in [-0.05, 0) is 30.3 Å². The predicted molar refractivity (Wildman–Crippen MR) is 100 cm³/mol. The third-order valence-corrected chi connectivity index (χ3v) is 4.02. The summed E-state index contributed by atoms with van der Waals surface area (Å²) in [6, 6.07) is 11.9. The molecular weight excluding hydrogens is 366 g/mol. The van der Waals surface area contributed by atoms with Gasteiger partial charge in [-0.25, -0.2) is 13.8 Å². The van der Waals surface area contributed by atoms with Gasteiger partial charge in [0.1, 0.15) is 29.3 Å². The lowest BCUT2D eigenvalue weighted by atomic mass is 10.1. The van der Waals surface area contributed by atoms with Gasteiger partial charge in [-0.15, -0.1) is 0 Å². The van der Waals surface area contributed by atoms with Gasteiger partial charge in [0.05, 0.1) is 23.8 Å². The summed E-state index contributed by atoms with van der Waals surface area (Å²) < 4.78 is 31.7. The average Bonchev–Trinajstić information content (AvgIpc) is 2.69. The molecule has 3 aromatic rings. The summed E-state index contributed by atoms with van der Waals surface area (Å²) in [5.41, 5.74) is 0.766. The topological polar surface area (TPSA) is 87.0 Å². The number of amides is 1. The molecule has 0 spiro atoms. The van der Waals surface area contributed by atoms with Crippen LogP contribution in [0, 0.1) is 23.0 Å². The molecular formula is C20H16F2N4O2. The van der Waals surface area contributed by atoms with Gasteiger partial charge in [-0.1, -0.05) is 0 Å². The molecule has 0 aliphatic heterocycles. The van der Waals surface area contributed by atoms with Crippen LogP contribution in [0.2, 0.25) is 0 Å². The van der Waals surface area contributed by atoms with Crippen molar-refractivity contribution in [2.24, 2.45) is 0 Å². The van der Waals surface area contributed by atoms with Crippen molar-refractivity contribution >= 4 is 22.6 Å². The SMILES string of the molecule is COc1ccc2cc(C#N)c(NCCNC(=O)c3ccc(F)cc3F)nc2c1. The first-order chi connectivity index (χ1) is 13.5. The molecule has 0 fully saturated rings. The fourth-order valence-electron chi connectivity index (χ4n) is 2.62. The maximum atomic E-state index is 13.6. The summed E-state index contributed by atoms with van der Waals surface area (Å²) in [6.45, 7) is 0.407. The van der Waals surface area contributed by atoms with Crippen molar-refractivity contribution < 1.29 is 18.3 Å². The highest BCUT2D eigenvalue weighted by Crippen LogP contribution is 2.23. The van der Waals surface area contributed by atoms with Gasteiger partial charge in [0.2, 0.25) is 0 Å². The van der Waals surface area contributed by atoms with E-state index in [1.54, 1.807) is 25.3 Å². The summed E-state index contributed by atoms with van der Waals surface area (Å²) in [7, 11) is 1.55. The van der Waals surface area contributed by atoms with Gasteiger partial charge in [0.15, 0.2) is 0 Å². The number of aromatic nitrogens is 1. The molecule has 0 unspecified atom stereocenters. The number of carbonyl (C=O) groups is 1.